The van der Waals surface area contributed by atoms with E-state index < -0.39 is 0 Å². The van der Waals surface area contributed by atoms with Crippen molar-refractivity contribution >= 4 is 23.3 Å². The summed E-state index contributed by atoms with van der Waals surface area (Å²) in [5.41, 5.74) is 2.15. The van der Waals surface area contributed by atoms with Gasteiger partial charge >= 0.3 is 0 Å². The first-order valence-electron chi connectivity index (χ1n) is 12.4. The molecule has 1 aliphatic carbocycles. The molecule has 0 bridgehead atoms. The van der Waals surface area contributed by atoms with Gasteiger partial charge in [-0.2, -0.15) is 9.90 Å². The maximum atomic E-state index is 12.9. The van der Waals surface area contributed by atoms with Gasteiger partial charge in [-0.3, -0.25) is 9.59 Å². The van der Waals surface area contributed by atoms with Crippen molar-refractivity contribution in [3.63, 3.8) is 0 Å². The number of carbonyl (C=O) groups excluding carboxylic acids is 2. The number of aryl methyl sites for hydroxylation is 1. The van der Waals surface area contributed by atoms with Gasteiger partial charge in [0.05, 0.1) is 23.3 Å². The minimum absolute atomic E-state index is 0.0412. The number of piperazine rings is 1. The fraction of sp³-hybridized carbons (Fsp3) is 0.423. The van der Waals surface area contributed by atoms with Gasteiger partial charge < -0.3 is 20.2 Å². The summed E-state index contributed by atoms with van der Waals surface area (Å²) in [6, 6.07) is 13.1. The molecule has 0 spiro atoms. The van der Waals surface area contributed by atoms with Crippen molar-refractivity contribution in [1.82, 2.24) is 24.9 Å². The van der Waals surface area contributed by atoms with E-state index in [-0.39, 0.29) is 36.0 Å². The molecule has 36 heavy (non-hydrogen) atoms. The predicted octanol–water partition coefficient (Wildman–Crippen LogP) is 2.28. The minimum atomic E-state index is -0.343. The molecule has 5 rings (SSSR count). The van der Waals surface area contributed by atoms with Gasteiger partial charge in [-0.1, -0.05) is 24.6 Å². The van der Waals surface area contributed by atoms with E-state index in [0.29, 0.717) is 37.6 Å². The SMILES string of the molecule is Cc1nn(-c2ccccc2)nc1C(=O)Nc1ccc(N2CCN(C(=O)[C@H]3CCC[C@@H]3CO)CC2)nc1. The maximum Gasteiger partial charge on any atom is 0.278 e. The molecule has 1 saturated carbocycles. The van der Waals surface area contributed by atoms with E-state index in [0.717, 1.165) is 30.8 Å². The van der Waals surface area contributed by atoms with Crippen LogP contribution in [0.25, 0.3) is 5.69 Å². The number of anilines is 2. The summed E-state index contributed by atoms with van der Waals surface area (Å²) in [5, 5.41) is 21.1. The number of pyridine rings is 1. The number of nitrogens with one attached hydrogen (secondary N) is 1. The molecule has 3 aromatic rings. The first kappa shape index (κ1) is 23.9. The van der Waals surface area contributed by atoms with Crippen LogP contribution in [0.5, 0.6) is 0 Å². The van der Waals surface area contributed by atoms with Crippen molar-refractivity contribution in [2.24, 2.45) is 11.8 Å². The second-order valence-electron chi connectivity index (χ2n) is 9.41. The van der Waals surface area contributed by atoms with Crippen molar-refractivity contribution in [2.75, 3.05) is 43.0 Å². The topological polar surface area (TPSA) is 116 Å². The highest BCUT2D eigenvalue weighted by atomic mass is 16.3. The Morgan fingerprint density at radius 1 is 1.03 bits per heavy atom. The van der Waals surface area contributed by atoms with Crippen molar-refractivity contribution < 1.29 is 14.7 Å². The molecule has 3 heterocycles. The minimum Gasteiger partial charge on any atom is -0.396 e. The van der Waals surface area contributed by atoms with Gasteiger partial charge in [0.1, 0.15) is 5.82 Å². The summed E-state index contributed by atoms with van der Waals surface area (Å²) >= 11 is 0. The lowest BCUT2D eigenvalue weighted by atomic mass is 9.95. The number of hydrogen-bond acceptors (Lipinski definition) is 7. The zero-order valence-corrected chi connectivity index (χ0v) is 20.4. The fourth-order valence-electron chi connectivity index (χ4n) is 5.07. The largest absolute Gasteiger partial charge is 0.396 e. The van der Waals surface area contributed by atoms with Crippen LogP contribution in [0.4, 0.5) is 11.5 Å². The van der Waals surface area contributed by atoms with Gasteiger partial charge in [0.2, 0.25) is 5.91 Å². The first-order valence-corrected chi connectivity index (χ1v) is 12.4. The van der Waals surface area contributed by atoms with E-state index in [4.69, 9.17) is 0 Å². The summed E-state index contributed by atoms with van der Waals surface area (Å²) in [6.07, 6.45) is 4.46. The number of aliphatic hydroxyl groups excluding tert-OH is 1. The number of hydrogen-bond donors (Lipinski definition) is 2. The Kier molecular flexibility index (Phi) is 6.95. The normalized spacial score (nSPS) is 19.9. The van der Waals surface area contributed by atoms with Crippen LogP contribution in [0.3, 0.4) is 0 Å². The molecule has 1 saturated heterocycles. The average molecular weight is 490 g/mol. The fourth-order valence-corrected chi connectivity index (χ4v) is 5.07. The third kappa shape index (κ3) is 4.94. The lowest BCUT2D eigenvalue weighted by molar-refractivity contribution is -0.137. The molecule has 2 aromatic heterocycles. The molecule has 2 amide bonds. The van der Waals surface area contributed by atoms with Gasteiger partial charge in [0, 0.05) is 38.7 Å². The summed E-state index contributed by atoms with van der Waals surface area (Å²) in [6.45, 7) is 4.53. The van der Waals surface area contributed by atoms with Gasteiger partial charge in [0.25, 0.3) is 5.91 Å². The second-order valence-corrected chi connectivity index (χ2v) is 9.41. The number of benzene rings is 1. The highest BCUT2D eigenvalue weighted by Gasteiger charge is 2.36. The monoisotopic (exact) mass is 489 g/mol. The first-order chi connectivity index (χ1) is 17.5. The summed E-state index contributed by atoms with van der Waals surface area (Å²) in [4.78, 5) is 35.8. The summed E-state index contributed by atoms with van der Waals surface area (Å²) in [5.74, 6) is 0.702. The van der Waals surface area contributed by atoms with E-state index in [1.54, 1.807) is 13.1 Å². The van der Waals surface area contributed by atoms with E-state index >= 15 is 0 Å². The lowest BCUT2D eigenvalue weighted by Gasteiger charge is -2.37. The molecule has 1 aromatic carbocycles. The third-order valence-electron chi connectivity index (χ3n) is 7.12. The average Bonchev–Trinajstić information content (AvgIpc) is 3.56. The molecule has 188 valence electrons. The second kappa shape index (κ2) is 10.4. The Hall–Kier alpha value is -3.79. The van der Waals surface area contributed by atoms with Crippen LogP contribution in [0, 0.1) is 18.8 Å². The third-order valence-corrected chi connectivity index (χ3v) is 7.12. The van der Waals surface area contributed by atoms with Crippen LogP contribution in [-0.4, -0.2) is 74.6 Å². The summed E-state index contributed by atoms with van der Waals surface area (Å²) in [7, 11) is 0. The number of aliphatic hydroxyl groups is 1. The Bertz CT molecular complexity index is 1200. The van der Waals surface area contributed by atoms with Crippen LogP contribution >= 0.6 is 0 Å². The Labute approximate surface area is 209 Å². The standard InChI is InChI=1S/C26H31N7O3/c1-18-24(30-33(29-18)21-7-3-2-4-8-21)25(35)28-20-10-11-23(27-16-20)31-12-14-32(15-13-31)26(36)22-9-5-6-19(22)17-34/h2-4,7-8,10-11,16,19,22,34H,5-6,9,12-15,17H2,1H3,(H,28,35)/t19-,22+/m1/s1. The Morgan fingerprint density at radius 3 is 2.50 bits per heavy atom. The molecule has 2 N–H and O–H groups in total. The van der Waals surface area contributed by atoms with Crippen LogP contribution in [0.15, 0.2) is 48.7 Å². The smallest absolute Gasteiger partial charge is 0.278 e. The molecule has 1 aliphatic heterocycles. The Morgan fingerprint density at radius 2 is 1.81 bits per heavy atom. The van der Waals surface area contributed by atoms with Gasteiger partial charge in [0.15, 0.2) is 5.69 Å². The van der Waals surface area contributed by atoms with Gasteiger partial charge in [-0.25, -0.2) is 4.98 Å². The number of aromatic nitrogens is 4. The zero-order chi connectivity index (χ0) is 25.1. The molecule has 2 aliphatic rings. The van der Waals surface area contributed by atoms with Crippen LogP contribution in [0.2, 0.25) is 0 Å². The Balaban J connectivity index is 1.17. The van der Waals surface area contributed by atoms with Crippen LogP contribution in [0.1, 0.15) is 35.4 Å². The van der Waals surface area contributed by atoms with Crippen molar-refractivity contribution in [3.05, 3.63) is 60.0 Å². The van der Waals surface area contributed by atoms with E-state index in [2.05, 4.69) is 25.4 Å². The number of carbonyl (C=O) groups is 2. The van der Waals surface area contributed by atoms with Crippen LogP contribution < -0.4 is 10.2 Å². The number of amides is 2. The molecular weight excluding hydrogens is 458 g/mol. The number of rotatable bonds is 6. The molecule has 10 heteroatoms. The predicted molar refractivity (Wildman–Crippen MR) is 135 cm³/mol. The zero-order valence-electron chi connectivity index (χ0n) is 20.4. The van der Waals surface area contributed by atoms with Gasteiger partial charge in [-0.15, -0.1) is 5.10 Å². The van der Waals surface area contributed by atoms with E-state index in [1.807, 2.05) is 47.4 Å². The molecule has 2 atom stereocenters. The molecule has 0 radical (unpaired) electrons. The molecular formula is C26H31N7O3. The van der Waals surface area contributed by atoms with Crippen molar-refractivity contribution in [2.45, 2.75) is 26.2 Å². The number of para-hydroxylation sites is 1. The van der Waals surface area contributed by atoms with Crippen LogP contribution in [-0.2, 0) is 4.79 Å². The van der Waals surface area contributed by atoms with E-state index in [9.17, 15) is 14.7 Å². The molecule has 10 nitrogen and oxygen atoms in total. The molecule has 2 fully saturated rings. The molecule has 0 unspecified atom stereocenters. The van der Waals surface area contributed by atoms with Crippen molar-refractivity contribution in [3.8, 4) is 5.69 Å². The maximum absolute atomic E-state index is 12.9. The van der Waals surface area contributed by atoms with E-state index in [1.165, 1.54) is 4.80 Å². The highest BCUT2D eigenvalue weighted by Crippen LogP contribution is 2.33. The quantitative estimate of drug-likeness (QED) is 0.546. The van der Waals surface area contributed by atoms with Gasteiger partial charge in [-0.05, 0) is 49.9 Å². The summed E-state index contributed by atoms with van der Waals surface area (Å²) < 4.78 is 0. The number of nitrogens with zero attached hydrogens (tertiary/aromatic N) is 6. The van der Waals surface area contributed by atoms with Crippen molar-refractivity contribution in [1.29, 1.82) is 0 Å². The lowest BCUT2D eigenvalue weighted by Crippen LogP contribution is -2.51. The highest BCUT2D eigenvalue weighted by molar-refractivity contribution is 6.03.